The Labute approximate surface area is 154 Å². The lowest BCUT2D eigenvalue weighted by Crippen LogP contribution is -1.99. The summed E-state index contributed by atoms with van der Waals surface area (Å²) in [6.45, 7) is 0. The summed E-state index contributed by atoms with van der Waals surface area (Å²) in [5.74, 6) is 1.28. The topological polar surface area (TPSA) is 97.0 Å². The molecule has 7 nitrogen and oxygen atoms in total. The van der Waals surface area contributed by atoms with E-state index in [4.69, 9.17) is 4.74 Å². The number of hydrogen-bond donors (Lipinski definition) is 2. The van der Waals surface area contributed by atoms with Gasteiger partial charge in [-0.2, -0.15) is 5.10 Å². The average molecular weight is 378 g/mol. The number of rotatable bonds is 3. The number of pyridine rings is 1. The third-order valence-corrected chi connectivity index (χ3v) is 6.07. The molecule has 2 aromatic heterocycles. The van der Waals surface area contributed by atoms with Crippen molar-refractivity contribution < 1.29 is 13.2 Å². The molecule has 0 unspecified atom stereocenters. The van der Waals surface area contributed by atoms with Gasteiger partial charge >= 0.3 is 0 Å². The third-order valence-electron chi connectivity index (χ3n) is 4.61. The Kier molecular flexibility index (Phi) is 3.26. The maximum absolute atomic E-state index is 12.1. The lowest BCUT2D eigenvalue weighted by atomic mass is 10.1. The Hall–Kier alpha value is -3.39. The molecule has 8 heteroatoms. The highest BCUT2D eigenvalue weighted by Gasteiger charge is 2.21. The molecule has 3 heterocycles. The standard InChI is InChI=1S/C19H14N4O3S/c1-26-15-4-2-3-14-17(15)13-10-20-23-18(13)19(22-14)21-12-6-5-11-7-8-27(24,25)16(11)9-12/h2-10H,1H3,(H,20,23)(H,21,22). The van der Waals surface area contributed by atoms with Crippen molar-refractivity contribution in [2.24, 2.45) is 0 Å². The van der Waals surface area contributed by atoms with Gasteiger partial charge in [-0.15, -0.1) is 0 Å². The SMILES string of the molecule is COc1cccc2nc(Nc3ccc4c(c3)S(=O)(=O)C=C4)c3[nH]ncc3c12. The lowest BCUT2D eigenvalue weighted by Gasteiger charge is -2.11. The van der Waals surface area contributed by atoms with E-state index in [0.717, 1.165) is 16.3 Å². The van der Waals surface area contributed by atoms with Gasteiger partial charge in [0.15, 0.2) is 5.82 Å². The molecule has 134 valence electrons. The first kappa shape index (κ1) is 15.8. The predicted molar refractivity (Wildman–Crippen MR) is 104 cm³/mol. The van der Waals surface area contributed by atoms with Crippen molar-refractivity contribution in [3.63, 3.8) is 0 Å². The molecule has 0 radical (unpaired) electrons. The van der Waals surface area contributed by atoms with Crippen molar-refractivity contribution in [3.05, 3.63) is 53.6 Å². The summed E-state index contributed by atoms with van der Waals surface area (Å²) in [7, 11) is -1.76. The molecule has 0 saturated carbocycles. The Morgan fingerprint density at radius 1 is 1.19 bits per heavy atom. The van der Waals surface area contributed by atoms with Gasteiger partial charge in [0.1, 0.15) is 11.3 Å². The van der Waals surface area contributed by atoms with Crippen LogP contribution in [-0.2, 0) is 9.84 Å². The van der Waals surface area contributed by atoms with Crippen molar-refractivity contribution in [1.29, 1.82) is 0 Å². The van der Waals surface area contributed by atoms with Gasteiger partial charge in [-0.05, 0) is 35.9 Å². The van der Waals surface area contributed by atoms with Crippen LogP contribution in [0.15, 0.2) is 52.9 Å². The van der Waals surface area contributed by atoms with Crippen LogP contribution in [0.25, 0.3) is 27.9 Å². The summed E-state index contributed by atoms with van der Waals surface area (Å²) in [4.78, 5) is 4.97. The molecule has 5 rings (SSSR count). The molecule has 0 bridgehead atoms. The highest BCUT2D eigenvalue weighted by molar-refractivity contribution is 7.94. The number of aromatic amines is 1. The Balaban J connectivity index is 1.67. The smallest absolute Gasteiger partial charge is 0.200 e. The summed E-state index contributed by atoms with van der Waals surface area (Å²) in [6, 6.07) is 10.9. The molecule has 0 atom stereocenters. The fraction of sp³-hybridized carbons (Fsp3) is 0.0526. The van der Waals surface area contributed by atoms with Crippen LogP contribution in [0.3, 0.4) is 0 Å². The van der Waals surface area contributed by atoms with E-state index in [-0.39, 0.29) is 4.90 Å². The maximum Gasteiger partial charge on any atom is 0.200 e. The van der Waals surface area contributed by atoms with Crippen LogP contribution in [-0.4, -0.2) is 30.7 Å². The number of nitrogens with zero attached hydrogens (tertiary/aromatic N) is 2. The van der Waals surface area contributed by atoms with Crippen molar-refractivity contribution in [3.8, 4) is 5.75 Å². The number of nitrogens with one attached hydrogen (secondary N) is 2. The normalized spacial score (nSPS) is 14.6. The van der Waals surface area contributed by atoms with E-state index in [1.54, 1.807) is 31.5 Å². The van der Waals surface area contributed by atoms with Crippen LogP contribution in [0.2, 0.25) is 0 Å². The van der Waals surface area contributed by atoms with Crippen molar-refractivity contribution in [2.75, 3.05) is 12.4 Å². The van der Waals surface area contributed by atoms with Crippen LogP contribution in [0.4, 0.5) is 11.5 Å². The molecular weight excluding hydrogens is 364 g/mol. The molecule has 0 fully saturated rings. The van der Waals surface area contributed by atoms with E-state index in [0.29, 0.717) is 28.3 Å². The van der Waals surface area contributed by atoms with Gasteiger partial charge in [0, 0.05) is 16.5 Å². The van der Waals surface area contributed by atoms with Gasteiger partial charge in [0.25, 0.3) is 0 Å². The molecule has 27 heavy (non-hydrogen) atoms. The van der Waals surface area contributed by atoms with E-state index in [1.807, 2.05) is 24.3 Å². The van der Waals surface area contributed by atoms with Crippen LogP contribution in [0, 0.1) is 0 Å². The summed E-state index contributed by atoms with van der Waals surface area (Å²) < 4.78 is 29.7. The number of methoxy groups -OCH3 is 1. The summed E-state index contributed by atoms with van der Waals surface area (Å²) in [5, 5.41) is 13.3. The zero-order valence-corrected chi connectivity index (χ0v) is 15.0. The largest absolute Gasteiger partial charge is 0.496 e. The lowest BCUT2D eigenvalue weighted by molar-refractivity contribution is 0.420. The highest BCUT2D eigenvalue weighted by Crippen LogP contribution is 2.36. The van der Waals surface area contributed by atoms with Gasteiger partial charge in [-0.1, -0.05) is 12.1 Å². The number of hydrogen-bond acceptors (Lipinski definition) is 6. The molecule has 0 spiro atoms. The van der Waals surface area contributed by atoms with Gasteiger partial charge in [0.2, 0.25) is 9.84 Å². The van der Waals surface area contributed by atoms with E-state index < -0.39 is 9.84 Å². The van der Waals surface area contributed by atoms with Crippen molar-refractivity contribution in [2.45, 2.75) is 4.90 Å². The zero-order valence-electron chi connectivity index (χ0n) is 14.2. The number of sulfone groups is 1. The number of ether oxygens (including phenoxy) is 1. The minimum atomic E-state index is -3.37. The summed E-state index contributed by atoms with van der Waals surface area (Å²) in [6.07, 6.45) is 3.33. The molecule has 4 aromatic rings. The van der Waals surface area contributed by atoms with E-state index in [9.17, 15) is 8.42 Å². The molecule has 2 N–H and O–H groups in total. The fourth-order valence-electron chi connectivity index (χ4n) is 3.35. The van der Waals surface area contributed by atoms with E-state index in [1.165, 1.54) is 5.41 Å². The summed E-state index contributed by atoms with van der Waals surface area (Å²) >= 11 is 0. The third kappa shape index (κ3) is 2.37. The van der Waals surface area contributed by atoms with E-state index in [2.05, 4.69) is 20.5 Å². The molecule has 0 amide bonds. The second-order valence-electron chi connectivity index (χ2n) is 6.20. The molecule has 0 saturated heterocycles. The Morgan fingerprint density at radius 2 is 2.07 bits per heavy atom. The molecular formula is C19H14N4O3S. The first-order valence-corrected chi connectivity index (χ1v) is 9.75. The van der Waals surface area contributed by atoms with Gasteiger partial charge in [-0.25, -0.2) is 13.4 Å². The average Bonchev–Trinajstić information content (AvgIpc) is 3.27. The zero-order chi connectivity index (χ0) is 18.6. The Morgan fingerprint density at radius 3 is 2.93 bits per heavy atom. The van der Waals surface area contributed by atoms with Crippen LogP contribution < -0.4 is 10.1 Å². The maximum atomic E-state index is 12.1. The first-order valence-electron chi connectivity index (χ1n) is 8.21. The van der Waals surface area contributed by atoms with Gasteiger partial charge < -0.3 is 10.1 Å². The fourth-order valence-corrected chi connectivity index (χ4v) is 4.57. The van der Waals surface area contributed by atoms with Crippen molar-refractivity contribution >= 4 is 49.2 Å². The number of aromatic nitrogens is 3. The monoisotopic (exact) mass is 378 g/mol. The molecule has 1 aliphatic rings. The minimum Gasteiger partial charge on any atom is -0.496 e. The van der Waals surface area contributed by atoms with Gasteiger partial charge in [0.05, 0.1) is 29.1 Å². The quantitative estimate of drug-likeness (QED) is 0.565. The summed E-state index contributed by atoms with van der Waals surface area (Å²) in [5.41, 5.74) is 2.78. The highest BCUT2D eigenvalue weighted by atomic mass is 32.2. The molecule has 1 aliphatic heterocycles. The number of fused-ring (bicyclic) bond motifs is 4. The number of anilines is 2. The van der Waals surface area contributed by atoms with Crippen LogP contribution >= 0.6 is 0 Å². The van der Waals surface area contributed by atoms with Crippen LogP contribution in [0.5, 0.6) is 5.75 Å². The Bertz CT molecular complexity index is 1360. The minimum absolute atomic E-state index is 0.288. The number of H-pyrrole nitrogens is 1. The second-order valence-corrected chi connectivity index (χ2v) is 8.00. The second kappa shape index (κ2) is 5.55. The van der Waals surface area contributed by atoms with Crippen molar-refractivity contribution in [1.82, 2.24) is 15.2 Å². The number of benzene rings is 2. The molecule has 2 aromatic carbocycles. The first-order chi connectivity index (χ1) is 13.1. The van der Waals surface area contributed by atoms with Crippen LogP contribution in [0.1, 0.15) is 5.56 Å². The molecule has 0 aliphatic carbocycles. The predicted octanol–water partition coefficient (Wildman–Crippen LogP) is 3.62. The van der Waals surface area contributed by atoms with E-state index >= 15 is 0 Å². The van der Waals surface area contributed by atoms with Gasteiger partial charge in [-0.3, -0.25) is 5.10 Å².